The molecule has 1 amide bonds. The summed E-state index contributed by atoms with van der Waals surface area (Å²) in [5, 5.41) is 2.73. The van der Waals surface area contributed by atoms with Crippen LogP contribution in [0.25, 0.3) is 0 Å². The molecule has 0 heterocycles. The molecule has 1 aromatic carbocycles. The number of hydrogen-bond acceptors (Lipinski definition) is 5. The molecule has 0 saturated carbocycles. The number of carbonyl (C=O) groups excluding carboxylic acids is 2. The monoisotopic (exact) mass is 349 g/mol. The Morgan fingerprint density at radius 1 is 1.24 bits per heavy atom. The van der Waals surface area contributed by atoms with Gasteiger partial charge in [0.2, 0.25) is 5.91 Å². The van der Waals surface area contributed by atoms with Crippen LogP contribution in [0.1, 0.15) is 25.3 Å². The molecule has 0 bridgehead atoms. The summed E-state index contributed by atoms with van der Waals surface area (Å²) < 4.78 is 15.4. The van der Waals surface area contributed by atoms with E-state index < -0.39 is 12.0 Å². The van der Waals surface area contributed by atoms with Crippen molar-refractivity contribution >= 4 is 11.9 Å². The van der Waals surface area contributed by atoms with Gasteiger partial charge in [-0.2, -0.15) is 0 Å². The third-order valence-corrected chi connectivity index (χ3v) is 3.41. The number of esters is 1. The number of methoxy groups -OCH3 is 1. The minimum Gasteiger partial charge on any atom is -0.491 e. The maximum atomic E-state index is 12.2. The van der Waals surface area contributed by atoms with E-state index >= 15 is 0 Å². The molecule has 0 spiro atoms. The van der Waals surface area contributed by atoms with E-state index in [2.05, 4.69) is 11.9 Å². The second kappa shape index (κ2) is 12.1. The third kappa shape index (κ3) is 8.35. The fraction of sp³-hybridized carbons (Fsp3) is 0.474. The smallest absolute Gasteiger partial charge is 0.328 e. The van der Waals surface area contributed by atoms with E-state index in [1.54, 1.807) is 32.2 Å². The number of ether oxygens (including phenoxy) is 3. The molecule has 6 heteroatoms. The van der Waals surface area contributed by atoms with E-state index in [-0.39, 0.29) is 18.9 Å². The molecule has 25 heavy (non-hydrogen) atoms. The topological polar surface area (TPSA) is 73.9 Å². The lowest BCUT2D eigenvalue weighted by molar-refractivity contribution is -0.147. The molecule has 1 rings (SSSR count). The molecule has 0 fully saturated rings. The highest BCUT2D eigenvalue weighted by Gasteiger charge is 2.21. The van der Waals surface area contributed by atoms with Gasteiger partial charge >= 0.3 is 5.97 Å². The molecule has 0 unspecified atom stereocenters. The first kappa shape index (κ1) is 20.7. The molecule has 1 atom stereocenters. The van der Waals surface area contributed by atoms with Crippen LogP contribution in [0.4, 0.5) is 0 Å². The molecule has 0 aliphatic carbocycles. The summed E-state index contributed by atoms with van der Waals surface area (Å²) in [7, 11) is 1.61. The molecular formula is C19H27NO5. The average Bonchev–Trinajstić information content (AvgIpc) is 2.60. The zero-order chi connectivity index (χ0) is 18.5. The molecule has 1 N–H and O–H groups in total. The molecular weight excluding hydrogens is 322 g/mol. The van der Waals surface area contributed by atoms with Crippen molar-refractivity contribution in [3.05, 3.63) is 42.5 Å². The Morgan fingerprint density at radius 3 is 2.56 bits per heavy atom. The Labute approximate surface area is 149 Å². The van der Waals surface area contributed by atoms with Crippen LogP contribution in [-0.2, 0) is 25.5 Å². The minimum absolute atomic E-state index is 0.183. The molecule has 0 aromatic heterocycles. The summed E-state index contributed by atoms with van der Waals surface area (Å²) >= 11 is 0. The van der Waals surface area contributed by atoms with Gasteiger partial charge in [0.15, 0.2) is 0 Å². The van der Waals surface area contributed by atoms with Crippen LogP contribution in [0.3, 0.4) is 0 Å². The van der Waals surface area contributed by atoms with E-state index in [1.807, 2.05) is 12.1 Å². The van der Waals surface area contributed by atoms with Gasteiger partial charge in [0.1, 0.15) is 18.4 Å². The molecule has 0 aliphatic heterocycles. The zero-order valence-corrected chi connectivity index (χ0v) is 15.0. The Balaban J connectivity index is 2.54. The Bertz CT molecular complexity index is 541. The lowest BCUT2D eigenvalue weighted by Gasteiger charge is -2.16. The first-order valence-electron chi connectivity index (χ1n) is 8.38. The van der Waals surface area contributed by atoms with E-state index in [0.29, 0.717) is 26.1 Å². The van der Waals surface area contributed by atoms with Gasteiger partial charge < -0.3 is 19.5 Å². The van der Waals surface area contributed by atoms with E-state index in [4.69, 9.17) is 14.2 Å². The number of carbonyl (C=O) groups is 2. The fourth-order valence-corrected chi connectivity index (χ4v) is 2.15. The van der Waals surface area contributed by atoms with Crippen molar-refractivity contribution in [1.82, 2.24) is 5.32 Å². The second-order valence-corrected chi connectivity index (χ2v) is 5.40. The van der Waals surface area contributed by atoms with E-state index in [0.717, 1.165) is 11.3 Å². The van der Waals surface area contributed by atoms with Crippen molar-refractivity contribution in [3.63, 3.8) is 0 Å². The van der Waals surface area contributed by atoms with Crippen molar-refractivity contribution in [1.29, 1.82) is 0 Å². The normalized spacial score (nSPS) is 11.4. The summed E-state index contributed by atoms with van der Waals surface area (Å²) in [6.07, 6.45) is 2.99. The van der Waals surface area contributed by atoms with E-state index in [9.17, 15) is 9.59 Å². The van der Waals surface area contributed by atoms with Crippen molar-refractivity contribution in [2.45, 2.75) is 32.2 Å². The standard InChI is InChI=1S/C19H27NO5/c1-4-6-7-17(19(22)24-5-2)20-18(21)14-15-8-10-16(11-9-15)25-13-12-23-3/h4,8-11,17H,1,5-7,12-14H2,2-3H3,(H,20,21)/t17-/m1/s1. The Kier molecular flexibility index (Phi) is 10.0. The summed E-state index contributed by atoms with van der Waals surface area (Å²) in [5.41, 5.74) is 0.836. The van der Waals surface area contributed by atoms with Crippen LogP contribution in [0.2, 0.25) is 0 Å². The van der Waals surface area contributed by atoms with Crippen molar-refractivity contribution < 1.29 is 23.8 Å². The summed E-state index contributed by atoms with van der Waals surface area (Å²) in [6, 6.07) is 6.61. The van der Waals surface area contributed by atoms with Gasteiger partial charge in [0.25, 0.3) is 0 Å². The molecule has 0 aliphatic rings. The van der Waals surface area contributed by atoms with Gasteiger partial charge in [-0.25, -0.2) is 4.79 Å². The molecule has 1 aromatic rings. The average molecular weight is 349 g/mol. The molecule has 6 nitrogen and oxygen atoms in total. The van der Waals surface area contributed by atoms with Crippen molar-refractivity contribution in [2.24, 2.45) is 0 Å². The number of hydrogen-bond donors (Lipinski definition) is 1. The highest BCUT2D eigenvalue weighted by atomic mass is 16.5. The van der Waals surface area contributed by atoms with Crippen molar-refractivity contribution in [2.75, 3.05) is 26.9 Å². The number of nitrogens with one attached hydrogen (secondary N) is 1. The summed E-state index contributed by atoms with van der Waals surface area (Å²) in [4.78, 5) is 24.1. The van der Waals surface area contributed by atoms with Crippen LogP contribution in [0.5, 0.6) is 5.75 Å². The van der Waals surface area contributed by atoms with Crippen LogP contribution in [-0.4, -0.2) is 44.8 Å². The zero-order valence-electron chi connectivity index (χ0n) is 15.0. The Hall–Kier alpha value is -2.34. The predicted octanol–water partition coefficient (Wildman–Crippen LogP) is 2.27. The highest BCUT2D eigenvalue weighted by Crippen LogP contribution is 2.13. The minimum atomic E-state index is -0.651. The lowest BCUT2D eigenvalue weighted by Crippen LogP contribution is -2.42. The molecule has 0 saturated heterocycles. The number of rotatable bonds is 12. The van der Waals surface area contributed by atoms with Crippen LogP contribution in [0.15, 0.2) is 36.9 Å². The van der Waals surface area contributed by atoms with Gasteiger partial charge in [-0.1, -0.05) is 18.2 Å². The van der Waals surface area contributed by atoms with Gasteiger partial charge in [-0.05, 0) is 37.5 Å². The van der Waals surface area contributed by atoms with Crippen molar-refractivity contribution in [3.8, 4) is 5.75 Å². The first-order valence-corrected chi connectivity index (χ1v) is 8.38. The maximum Gasteiger partial charge on any atom is 0.328 e. The second-order valence-electron chi connectivity index (χ2n) is 5.40. The highest BCUT2D eigenvalue weighted by molar-refractivity contribution is 5.85. The van der Waals surface area contributed by atoms with Gasteiger partial charge in [0.05, 0.1) is 19.6 Å². The van der Waals surface area contributed by atoms with Gasteiger partial charge in [0, 0.05) is 7.11 Å². The maximum absolute atomic E-state index is 12.2. The third-order valence-electron chi connectivity index (χ3n) is 3.41. The van der Waals surface area contributed by atoms with Gasteiger partial charge in [-0.15, -0.1) is 6.58 Å². The number of amides is 1. The lowest BCUT2D eigenvalue weighted by atomic mass is 10.1. The van der Waals surface area contributed by atoms with Gasteiger partial charge in [-0.3, -0.25) is 4.79 Å². The summed E-state index contributed by atoms with van der Waals surface area (Å²) in [6.45, 7) is 6.64. The Morgan fingerprint density at radius 2 is 1.96 bits per heavy atom. The number of allylic oxidation sites excluding steroid dienone is 1. The largest absolute Gasteiger partial charge is 0.491 e. The quantitative estimate of drug-likeness (QED) is 0.356. The molecule has 138 valence electrons. The predicted molar refractivity (Wildman–Crippen MR) is 95.5 cm³/mol. The van der Waals surface area contributed by atoms with Crippen LogP contribution >= 0.6 is 0 Å². The fourth-order valence-electron chi connectivity index (χ4n) is 2.15. The first-order chi connectivity index (χ1) is 12.1. The SMILES string of the molecule is C=CCC[C@@H](NC(=O)Cc1ccc(OCCOC)cc1)C(=O)OCC. The van der Waals surface area contributed by atoms with Crippen LogP contribution in [0, 0.1) is 0 Å². The summed E-state index contributed by atoms with van der Waals surface area (Å²) in [5.74, 6) is 0.0753. The van der Waals surface area contributed by atoms with Crippen LogP contribution < -0.4 is 10.1 Å². The van der Waals surface area contributed by atoms with E-state index in [1.165, 1.54) is 0 Å². The molecule has 0 radical (unpaired) electrons. The number of benzene rings is 1.